The lowest BCUT2D eigenvalue weighted by atomic mass is 10.0. The van der Waals surface area contributed by atoms with Crippen LogP contribution in [-0.2, 0) is 15.7 Å². The number of nitrogens with zero attached hydrogens (tertiary/aromatic N) is 5. The van der Waals surface area contributed by atoms with E-state index in [4.69, 9.17) is 4.74 Å². The first-order valence-corrected chi connectivity index (χ1v) is 11.6. The monoisotopic (exact) mass is 511 g/mol. The van der Waals surface area contributed by atoms with Crippen LogP contribution >= 0.6 is 0 Å². The predicted octanol–water partition coefficient (Wildman–Crippen LogP) is 0.945. The van der Waals surface area contributed by atoms with Crippen LogP contribution in [0, 0.1) is 6.92 Å². The second kappa shape index (κ2) is 10.4. The van der Waals surface area contributed by atoms with Gasteiger partial charge in [0.25, 0.3) is 11.5 Å². The smallest absolute Gasteiger partial charge is 0.389 e. The maximum Gasteiger partial charge on any atom is 0.419 e. The summed E-state index contributed by atoms with van der Waals surface area (Å²) < 4.78 is 44.1. The van der Waals surface area contributed by atoms with E-state index in [0.717, 1.165) is 12.4 Å². The van der Waals surface area contributed by atoms with Crippen LogP contribution in [-0.4, -0.2) is 86.6 Å². The number of aliphatic hydroxyl groups excluding tert-OH is 1. The summed E-state index contributed by atoms with van der Waals surface area (Å²) in [5.74, 6) is -0.110. The van der Waals surface area contributed by atoms with E-state index in [1.807, 2.05) is 6.92 Å². The fourth-order valence-electron chi connectivity index (χ4n) is 4.43. The van der Waals surface area contributed by atoms with Crippen molar-refractivity contribution < 1.29 is 27.8 Å². The first kappa shape index (κ1) is 25.8. The molecule has 2 fully saturated rings. The van der Waals surface area contributed by atoms with Gasteiger partial charge in [-0.3, -0.25) is 9.59 Å². The van der Waals surface area contributed by atoms with Crippen molar-refractivity contribution in [2.24, 2.45) is 0 Å². The van der Waals surface area contributed by atoms with Gasteiger partial charge in [-0.1, -0.05) is 0 Å². The zero-order valence-electron chi connectivity index (χ0n) is 19.8. The second-order valence-corrected chi connectivity index (χ2v) is 9.06. The van der Waals surface area contributed by atoms with Gasteiger partial charge in [0.1, 0.15) is 6.10 Å². The molecule has 0 aromatic carbocycles. The van der Waals surface area contributed by atoms with Gasteiger partial charge in [0.05, 0.1) is 36.2 Å². The summed E-state index contributed by atoms with van der Waals surface area (Å²) in [4.78, 5) is 35.5. The van der Waals surface area contributed by atoms with Crippen LogP contribution in [0.2, 0.25) is 0 Å². The Morgan fingerprint density at radius 1 is 1.22 bits per heavy atom. The van der Waals surface area contributed by atoms with Gasteiger partial charge < -0.3 is 25.0 Å². The SMILES string of the molecule is Cc1c(N[C@@H](C)CO[C@@H]2CCN([C@@H]3CCN(c4ncc(C(F)(F)F)cn4)C[C@H]3O)C2=O)cn[nH]c1=O. The van der Waals surface area contributed by atoms with E-state index in [2.05, 4.69) is 25.5 Å². The summed E-state index contributed by atoms with van der Waals surface area (Å²) in [7, 11) is 0. The molecule has 2 saturated heterocycles. The molecular weight excluding hydrogens is 483 g/mol. The van der Waals surface area contributed by atoms with E-state index in [1.54, 1.807) is 16.7 Å². The number of nitrogens with one attached hydrogen (secondary N) is 2. The number of amides is 1. The Morgan fingerprint density at radius 3 is 2.61 bits per heavy atom. The average molecular weight is 512 g/mol. The van der Waals surface area contributed by atoms with E-state index >= 15 is 0 Å². The molecule has 0 radical (unpaired) electrons. The summed E-state index contributed by atoms with van der Waals surface area (Å²) in [6.07, 6.45) is -2.24. The first-order chi connectivity index (χ1) is 17.0. The number of carbonyl (C=O) groups excluding carboxylic acids is 1. The number of ether oxygens (including phenoxy) is 1. The van der Waals surface area contributed by atoms with Crippen LogP contribution in [0.4, 0.5) is 24.8 Å². The third-order valence-electron chi connectivity index (χ3n) is 6.44. The lowest BCUT2D eigenvalue weighted by molar-refractivity contribution is -0.141. The number of alkyl halides is 3. The molecule has 2 aliphatic heterocycles. The maximum absolute atomic E-state index is 13.0. The number of aliphatic hydroxyl groups is 1. The normalized spacial score (nSPS) is 23.7. The number of β-amino-alcohol motifs (C(OH)–C–C–N with tert-alkyl or cyclic N) is 1. The Labute approximate surface area is 204 Å². The highest BCUT2D eigenvalue weighted by Gasteiger charge is 2.42. The average Bonchev–Trinajstić information content (AvgIpc) is 3.20. The highest BCUT2D eigenvalue weighted by Crippen LogP contribution is 2.29. The summed E-state index contributed by atoms with van der Waals surface area (Å²) in [5, 5.41) is 20.0. The lowest BCUT2D eigenvalue weighted by Gasteiger charge is -2.40. The predicted molar refractivity (Wildman–Crippen MR) is 122 cm³/mol. The fraction of sp³-hybridized carbons (Fsp3) is 0.591. The van der Waals surface area contributed by atoms with Gasteiger partial charge in [-0.25, -0.2) is 15.1 Å². The summed E-state index contributed by atoms with van der Waals surface area (Å²) in [6, 6.07) is -0.621. The molecule has 196 valence electrons. The number of rotatable bonds is 7. The minimum absolute atomic E-state index is 0.0931. The molecule has 4 rings (SSSR count). The van der Waals surface area contributed by atoms with Gasteiger partial charge in [-0.15, -0.1) is 0 Å². The molecule has 36 heavy (non-hydrogen) atoms. The van der Waals surface area contributed by atoms with Crippen molar-refractivity contribution in [3.63, 3.8) is 0 Å². The standard InChI is InChI=1S/C22H28F3N7O4/c1-12(29-15-9-28-30-19(34)13(15)2)11-36-18-4-6-32(20(18)35)16-3-5-31(10-17(16)33)21-26-7-14(8-27-21)22(23,24)25/h7-9,12,16-18,33H,3-6,10-11H2,1-2H3,(H2,29,30,34)/t12-,16+,17+,18+/m0/s1. The first-order valence-electron chi connectivity index (χ1n) is 11.6. The number of aromatic nitrogens is 4. The fourth-order valence-corrected chi connectivity index (χ4v) is 4.43. The number of carbonyl (C=O) groups is 1. The van der Waals surface area contributed by atoms with Crippen LogP contribution in [0.1, 0.15) is 30.9 Å². The highest BCUT2D eigenvalue weighted by molar-refractivity contribution is 5.83. The third-order valence-corrected chi connectivity index (χ3v) is 6.44. The Morgan fingerprint density at radius 2 is 1.94 bits per heavy atom. The van der Waals surface area contributed by atoms with Crippen LogP contribution in [0.15, 0.2) is 23.4 Å². The molecule has 0 spiro atoms. The van der Waals surface area contributed by atoms with E-state index in [1.165, 1.54) is 6.20 Å². The number of H-pyrrole nitrogens is 1. The largest absolute Gasteiger partial charge is 0.419 e. The van der Waals surface area contributed by atoms with E-state index in [-0.39, 0.29) is 36.6 Å². The van der Waals surface area contributed by atoms with Crippen molar-refractivity contribution >= 4 is 17.5 Å². The number of hydrogen-bond donors (Lipinski definition) is 3. The van der Waals surface area contributed by atoms with Crippen molar-refractivity contribution in [3.05, 3.63) is 40.1 Å². The minimum Gasteiger partial charge on any atom is -0.389 e. The Hall–Kier alpha value is -3.26. The van der Waals surface area contributed by atoms with Crippen molar-refractivity contribution in [3.8, 4) is 0 Å². The second-order valence-electron chi connectivity index (χ2n) is 9.06. The zero-order chi connectivity index (χ0) is 26.0. The summed E-state index contributed by atoms with van der Waals surface area (Å²) >= 11 is 0. The Balaban J connectivity index is 1.28. The number of halogens is 3. The molecule has 2 aromatic heterocycles. The molecule has 2 aliphatic rings. The van der Waals surface area contributed by atoms with Crippen molar-refractivity contribution in [1.82, 2.24) is 25.1 Å². The van der Waals surface area contributed by atoms with Crippen LogP contribution in [0.5, 0.6) is 0 Å². The van der Waals surface area contributed by atoms with Gasteiger partial charge in [-0.2, -0.15) is 18.3 Å². The van der Waals surface area contributed by atoms with Gasteiger partial charge in [0, 0.05) is 50.1 Å². The number of aromatic amines is 1. The number of anilines is 2. The van der Waals surface area contributed by atoms with Gasteiger partial charge in [0.2, 0.25) is 5.95 Å². The summed E-state index contributed by atoms with van der Waals surface area (Å²) in [5.41, 5.74) is -0.142. The molecule has 4 heterocycles. The third kappa shape index (κ3) is 5.59. The van der Waals surface area contributed by atoms with Crippen molar-refractivity contribution in [1.29, 1.82) is 0 Å². The van der Waals surface area contributed by atoms with E-state index in [0.29, 0.717) is 37.2 Å². The van der Waals surface area contributed by atoms with Crippen molar-refractivity contribution in [2.45, 2.75) is 57.2 Å². The number of piperidine rings is 1. The molecule has 4 atom stereocenters. The van der Waals surface area contributed by atoms with E-state index in [9.17, 15) is 27.9 Å². The van der Waals surface area contributed by atoms with Crippen LogP contribution in [0.3, 0.4) is 0 Å². The lowest BCUT2D eigenvalue weighted by Crippen LogP contribution is -2.55. The molecule has 2 aromatic rings. The molecule has 0 bridgehead atoms. The van der Waals surface area contributed by atoms with Gasteiger partial charge in [-0.05, 0) is 20.3 Å². The summed E-state index contributed by atoms with van der Waals surface area (Å²) in [6.45, 7) is 4.67. The molecule has 1 amide bonds. The van der Waals surface area contributed by atoms with Crippen LogP contribution in [0.25, 0.3) is 0 Å². The van der Waals surface area contributed by atoms with E-state index < -0.39 is 30.0 Å². The molecule has 0 aliphatic carbocycles. The molecular formula is C22H28F3N7O4. The Bertz CT molecular complexity index is 1130. The van der Waals surface area contributed by atoms with Crippen molar-refractivity contribution in [2.75, 3.05) is 36.5 Å². The topological polar surface area (TPSA) is 137 Å². The maximum atomic E-state index is 13.0. The zero-order valence-corrected chi connectivity index (χ0v) is 19.8. The Kier molecular flexibility index (Phi) is 7.45. The molecule has 11 nitrogen and oxygen atoms in total. The minimum atomic E-state index is -4.52. The van der Waals surface area contributed by atoms with Gasteiger partial charge in [0.15, 0.2) is 0 Å². The molecule has 3 N–H and O–H groups in total. The number of hydrogen-bond acceptors (Lipinski definition) is 9. The quantitative estimate of drug-likeness (QED) is 0.496. The molecule has 14 heteroatoms. The van der Waals surface area contributed by atoms with Crippen LogP contribution < -0.4 is 15.8 Å². The highest BCUT2D eigenvalue weighted by atomic mass is 19.4. The molecule has 0 unspecified atom stereocenters. The molecule has 0 saturated carbocycles. The van der Waals surface area contributed by atoms with Gasteiger partial charge >= 0.3 is 6.18 Å². The number of likely N-dealkylation sites (tertiary alicyclic amines) is 1.